The number of aromatic nitrogens is 2. The Balaban J connectivity index is 0.000000291. The van der Waals surface area contributed by atoms with Gasteiger partial charge in [0, 0.05) is 255 Å². The summed E-state index contributed by atoms with van der Waals surface area (Å²) in [6.45, 7) is 29.3. The van der Waals surface area contributed by atoms with Gasteiger partial charge < -0.3 is 108 Å². The molecule has 3 saturated heterocycles. The Morgan fingerprint density at radius 2 is 0.714 bits per heavy atom. The van der Waals surface area contributed by atoms with Crippen LogP contribution >= 0.6 is 11.3 Å². The normalized spacial score (nSPS) is 13.5. The van der Waals surface area contributed by atoms with Crippen molar-refractivity contribution in [2.24, 2.45) is 5.41 Å². The molecular weight excluding hydrogens is 1880 g/mol. The van der Waals surface area contributed by atoms with Gasteiger partial charge in [-0.05, 0) is 275 Å². The van der Waals surface area contributed by atoms with Crippen molar-refractivity contribution in [2.45, 2.75) is 158 Å². The highest BCUT2D eigenvalue weighted by Crippen LogP contribution is 2.26. The third-order valence-electron chi connectivity index (χ3n) is 23.2. The number of rotatable bonds is 32. The van der Waals surface area contributed by atoms with Crippen LogP contribution in [0.25, 0.3) is 0 Å². The van der Waals surface area contributed by atoms with Gasteiger partial charge in [-0.25, -0.2) is 0 Å². The number of ether oxygens (including phenoxy) is 2. The van der Waals surface area contributed by atoms with Crippen molar-refractivity contribution in [1.82, 2.24) is 51.1 Å². The number of likely N-dealkylation sites (N-methyl/N-ethyl adjacent to an activating group) is 2. The third-order valence-corrected chi connectivity index (χ3v) is 23.9. The van der Waals surface area contributed by atoms with Crippen LogP contribution in [0.2, 0.25) is 0 Å². The second kappa shape index (κ2) is 67.5. The number of aryl methyl sites for hydroxylation is 1. The molecule has 10 aromatic rings. The van der Waals surface area contributed by atoms with Gasteiger partial charge in [-0.1, -0.05) is 93.6 Å². The fourth-order valence-corrected chi connectivity index (χ4v) is 15.4. The lowest BCUT2D eigenvalue weighted by atomic mass is 9.97. The van der Waals surface area contributed by atoms with E-state index in [4.69, 9.17) is 19.7 Å². The van der Waals surface area contributed by atoms with E-state index < -0.39 is 0 Å². The third kappa shape index (κ3) is 46.0. The molecule has 798 valence electrons. The maximum absolute atomic E-state index is 12.5. The van der Waals surface area contributed by atoms with Gasteiger partial charge in [-0.3, -0.25) is 48.5 Å². The molecule has 16 N–H and O–H groups in total. The Kier molecular flexibility index (Phi) is 56.6. The monoisotopic (exact) mass is 2040 g/mol. The van der Waals surface area contributed by atoms with E-state index in [0.717, 1.165) is 145 Å². The Hall–Kier alpha value is -14.2. The van der Waals surface area contributed by atoms with Gasteiger partial charge in [0.25, 0.3) is 53.2 Å². The molecule has 4 heterocycles. The molecule has 0 bridgehead atoms. The topological polar surface area (TPSA) is 420 Å². The number of likely N-dealkylation sites (tertiary alicyclic amines) is 1. The Bertz CT molecular complexity index is 5640. The summed E-state index contributed by atoms with van der Waals surface area (Å²) in [6.07, 6.45) is 10.4. The molecule has 33 nitrogen and oxygen atoms in total. The van der Waals surface area contributed by atoms with Gasteiger partial charge in [-0.2, -0.15) is 0 Å². The first kappa shape index (κ1) is 123. The second-order valence-electron chi connectivity index (χ2n) is 36.6. The summed E-state index contributed by atoms with van der Waals surface area (Å²) >= 11 is 1.35. The molecule has 3 fully saturated rings. The van der Waals surface area contributed by atoms with Crippen LogP contribution in [-0.4, -0.2) is 273 Å². The molecule has 2 unspecified atom stereocenters. The van der Waals surface area contributed by atoms with E-state index in [0.29, 0.717) is 89.4 Å². The molecule has 9 aromatic carbocycles. The molecule has 147 heavy (non-hydrogen) atoms. The van der Waals surface area contributed by atoms with E-state index >= 15 is 0 Å². The Morgan fingerprint density at radius 1 is 0.388 bits per heavy atom. The van der Waals surface area contributed by atoms with Gasteiger partial charge in [0.2, 0.25) is 5.13 Å². The summed E-state index contributed by atoms with van der Waals surface area (Å²) in [7, 11) is 18.2. The zero-order valence-electron chi connectivity index (χ0n) is 90.0. The number of nitrogens with one attached hydrogen (secondary N) is 14. The smallest absolute Gasteiger partial charge is 0.257 e. The number of amides is 9. The highest BCUT2D eigenvalue weighted by Gasteiger charge is 2.28. The lowest BCUT2D eigenvalue weighted by Crippen LogP contribution is -2.43. The quantitative estimate of drug-likeness (QED) is 0.0186. The minimum Gasteiger partial charge on any atom is -0.395 e. The molecular formula is C113H162N20O13S. The minimum absolute atomic E-state index is 0.00863. The molecule has 0 aliphatic carbocycles. The molecule has 3 atom stereocenters. The number of carbonyl (C=O) groups excluding carboxylic acids is 9. The predicted molar refractivity (Wildman–Crippen MR) is 602 cm³/mol. The summed E-state index contributed by atoms with van der Waals surface area (Å²) in [5.41, 5.74) is 14.4. The van der Waals surface area contributed by atoms with E-state index in [1.54, 1.807) is 49.3 Å². The molecule has 13 rings (SSSR count). The summed E-state index contributed by atoms with van der Waals surface area (Å²) in [6, 6.07) is 67.4. The van der Waals surface area contributed by atoms with Crippen molar-refractivity contribution >= 4 is 121 Å². The van der Waals surface area contributed by atoms with Gasteiger partial charge in [0.15, 0.2) is 0 Å². The van der Waals surface area contributed by atoms with Gasteiger partial charge in [-0.15, -0.1) is 10.2 Å². The number of hydrogen-bond acceptors (Lipinski definition) is 25. The summed E-state index contributed by atoms with van der Waals surface area (Å²) in [4.78, 5) is 115. The fraction of sp³-hybridized carbons (Fsp3) is 0.425. The Labute approximate surface area is 875 Å². The lowest BCUT2D eigenvalue weighted by molar-refractivity contribution is 0.0169. The average Bonchev–Trinajstić information content (AvgIpc) is 1.18. The second-order valence-corrected chi connectivity index (χ2v) is 37.8. The number of hydrogen-bond donors (Lipinski definition) is 16. The van der Waals surface area contributed by atoms with Crippen LogP contribution in [0.1, 0.15) is 225 Å². The number of benzene rings is 9. The minimum atomic E-state index is -0.202. The van der Waals surface area contributed by atoms with Crippen molar-refractivity contribution in [3.05, 3.63) is 273 Å². The van der Waals surface area contributed by atoms with Crippen LogP contribution < -0.4 is 74.4 Å². The van der Waals surface area contributed by atoms with Crippen LogP contribution in [0.3, 0.4) is 0 Å². The van der Waals surface area contributed by atoms with E-state index in [9.17, 15) is 43.2 Å². The van der Waals surface area contributed by atoms with Crippen molar-refractivity contribution in [3.8, 4) is 0 Å². The van der Waals surface area contributed by atoms with Crippen LogP contribution in [0.5, 0.6) is 0 Å². The first-order valence-corrected chi connectivity index (χ1v) is 51.2. The highest BCUT2D eigenvalue weighted by atomic mass is 32.1. The van der Waals surface area contributed by atoms with E-state index in [1.807, 2.05) is 298 Å². The average molecular weight is 2040 g/mol. The number of piperidine rings is 1. The molecule has 0 radical (unpaired) electrons. The van der Waals surface area contributed by atoms with Gasteiger partial charge in [0.05, 0.1) is 25.4 Å². The fourth-order valence-electron chi connectivity index (χ4n) is 14.8. The SMILES string of the molecule is CCC1CCCCN1C(=O)c1cccc(NC)c1.CCN(CC)C(=O)c1cccc(NC)c1.CCN(CCO)C(=O)c1cccc(NC)c1.CNc1cccc(C(=O)N(C)CCO)c1.CNc1cccc(C(=O)NC(C)(C)C)c1.CNc1cccc(C(=O)NCC(C)(C)C)c1.CNc1cccc(C(=O)NCC2CCCCO2)c1.CNc1cccc(C(=O)NC[C@@H]2CCCO2)c1.CNc1cccc(C(=O)Nc2nnc(C)s2)c1. The maximum Gasteiger partial charge on any atom is 0.257 e. The van der Waals surface area contributed by atoms with Crippen molar-refractivity contribution in [3.63, 3.8) is 0 Å². The molecule has 3 aliphatic rings. The Morgan fingerprint density at radius 3 is 1.05 bits per heavy atom. The number of anilines is 10. The largest absolute Gasteiger partial charge is 0.395 e. The van der Waals surface area contributed by atoms with Crippen LogP contribution in [0.4, 0.5) is 56.3 Å². The maximum atomic E-state index is 12.5. The molecule has 3 aliphatic heterocycles. The first-order valence-electron chi connectivity index (χ1n) is 50.4. The molecule has 34 heteroatoms. The van der Waals surface area contributed by atoms with Crippen molar-refractivity contribution in [2.75, 3.05) is 209 Å². The number of aliphatic hydroxyl groups excluding tert-OH is 2. The standard InChI is InChI=1S/C15H22N2O.C14H20N2O2.C13H18N2O2.C13H20N2O.C12H18N2O2.2C12H18N2O.C11H12N4OS.C11H16N2O2/c1-3-14-9-4-5-10-17(14)15(18)12-7-6-8-13(11-12)16-2;1-15-12-6-4-5-11(9-12)14(17)16-10-13-7-2-3-8-18-13;1-14-11-5-2-4-10(8-11)13(16)15-9-12-6-3-7-17-12;1-13(2,3)9-15-12(16)10-6-5-7-11(8-10)14-4;1-3-14(7-8-15)12(16)10-5-4-6-11(9-10)13-2;1-12(2,3)14-11(15)9-6-5-7-10(8-9)13-4;1-4-14(5-2)12(15)10-7-6-8-11(9-10)13-3;1-7-14-15-11(17-7)13-10(16)8-4-3-5-9(6-8)12-2;1-12-10-5-3-4-9(8-10)11(15)13(2)6-7-14/h6-8,11,14,16H,3-5,9-10H2,1-2H3;4-6,9,13,15H,2-3,7-8,10H2,1H3,(H,16,17);2,4-5,8,12,14H,3,6-7,9H2,1H3,(H,15,16);5-8,14H,9H2,1-4H3,(H,15,16);4-6,9,13,15H,3,7-8H2,1-2H3;5-8,13H,1-4H3,(H,14,15);6-9,13H,4-5H2,1-3H3;3-6,12H,1-2H3,(H,13,15,16);3-5,8,12,14H,6-7H2,1-2H3/t;;12-;;;;;;/m..0....../s1. The predicted octanol–water partition coefficient (Wildman–Crippen LogP) is 17.9. The van der Waals surface area contributed by atoms with Crippen LogP contribution in [0.15, 0.2) is 218 Å². The van der Waals surface area contributed by atoms with Crippen LogP contribution in [0, 0.1) is 12.3 Å². The molecule has 0 spiro atoms. The first-order chi connectivity index (χ1) is 70.5. The highest BCUT2D eigenvalue weighted by molar-refractivity contribution is 7.15. The molecule has 9 amide bonds. The van der Waals surface area contributed by atoms with Gasteiger partial charge in [0.1, 0.15) is 5.01 Å². The van der Waals surface area contributed by atoms with E-state index in [2.05, 4.69) is 117 Å². The van der Waals surface area contributed by atoms with Gasteiger partial charge >= 0.3 is 0 Å². The van der Waals surface area contributed by atoms with E-state index in [1.165, 1.54) is 29.1 Å². The zero-order valence-corrected chi connectivity index (χ0v) is 90.9. The summed E-state index contributed by atoms with van der Waals surface area (Å²) < 4.78 is 11.0. The van der Waals surface area contributed by atoms with Crippen LogP contribution in [-0.2, 0) is 9.47 Å². The number of nitrogens with zero attached hydrogens (tertiary/aromatic N) is 6. The number of aliphatic hydroxyl groups is 2. The lowest BCUT2D eigenvalue weighted by Gasteiger charge is -2.35. The zero-order chi connectivity index (χ0) is 108. The number of carbonyl (C=O) groups is 9. The summed E-state index contributed by atoms with van der Waals surface area (Å²) in [5.74, 6) is -0.186. The summed E-state index contributed by atoms with van der Waals surface area (Å²) in [5, 5.41) is 68.1. The van der Waals surface area contributed by atoms with Crippen molar-refractivity contribution < 1.29 is 62.8 Å². The molecule has 0 saturated carbocycles. The van der Waals surface area contributed by atoms with Crippen molar-refractivity contribution in [1.29, 1.82) is 0 Å². The molecule has 1 aromatic heterocycles. The van der Waals surface area contributed by atoms with E-state index in [-0.39, 0.29) is 89.5 Å².